The Morgan fingerprint density at radius 2 is 1.29 bits per heavy atom. The molecule has 3 aromatic rings. The highest BCUT2D eigenvalue weighted by molar-refractivity contribution is 5.32. The predicted octanol–water partition coefficient (Wildman–Crippen LogP) is 4.29. The lowest BCUT2D eigenvalue weighted by Gasteiger charge is -2.18. The van der Waals surface area contributed by atoms with Gasteiger partial charge in [0.1, 0.15) is 6.61 Å². The molecule has 3 rings (SSSR count). The van der Waals surface area contributed by atoms with Gasteiger partial charge < -0.3 is 4.74 Å². The quantitative estimate of drug-likeness (QED) is 0.693. The van der Waals surface area contributed by atoms with Gasteiger partial charge in [-0.15, -0.1) is 0 Å². The maximum absolute atomic E-state index is 5.87. The van der Waals surface area contributed by atoms with Gasteiger partial charge in [0.25, 0.3) is 0 Å². The summed E-state index contributed by atoms with van der Waals surface area (Å²) in [6.07, 6.45) is 1.75. The molecule has 2 nitrogen and oxygen atoms in total. The molecule has 0 bridgehead atoms. The Hall–Kier alpha value is -2.61. The molecule has 0 aliphatic rings. The lowest BCUT2D eigenvalue weighted by molar-refractivity contribution is 0.292. The van der Waals surface area contributed by atoms with E-state index in [0.717, 1.165) is 0 Å². The summed E-state index contributed by atoms with van der Waals surface area (Å²) in [5.74, 6) is 0.865. The van der Waals surface area contributed by atoms with Crippen molar-refractivity contribution in [2.24, 2.45) is 0 Å². The molecule has 1 heterocycles. The molecule has 0 aliphatic carbocycles. The van der Waals surface area contributed by atoms with Gasteiger partial charge in [-0.2, -0.15) is 0 Å². The maximum Gasteiger partial charge on any atom is 0.213 e. The minimum absolute atomic E-state index is 0.203. The third-order valence-electron chi connectivity index (χ3n) is 3.44. The number of ether oxygens (including phenoxy) is 1. The van der Waals surface area contributed by atoms with E-state index in [0.29, 0.717) is 12.5 Å². The van der Waals surface area contributed by atoms with Crippen LogP contribution in [-0.2, 0) is 0 Å². The molecule has 104 valence electrons. The van der Waals surface area contributed by atoms with Crippen molar-refractivity contribution in [3.05, 3.63) is 96.2 Å². The first kappa shape index (κ1) is 13.4. The monoisotopic (exact) mass is 275 g/mol. The predicted molar refractivity (Wildman–Crippen MR) is 84.5 cm³/mol. The van der Waals surface area contributed by atoms with Crippen LogP contribution >= 0.6 is 0 Å². The Morgan fingerprint density at radius 1 is 0.714 bits per heavy atom. The molecule has 21 heavy (non-hydrogen) atoms. The van der Waals surface area contributed by atoms with Gasteiger partial charge in [0.15, 0.2) is 0 Å². The summed E-state index contributed by atoms with van der Waals surface area (Å²) in [6.45, 7) is 0.574. The molecule has 0 unspecified atom stereocenters. The van der Waals surface area contributed by atoms with E-state index in [2.05, 4.69) is 53.5 Å². The molecule has 0 N–H and O–H groups in total. The highest BCUT2D eigenvalue weighted by Gasteiger charge is 2.14. The summed E-state index contributed by atoms with van der Waals surface area (Å²) < 4.78 is 5.87. The van der Waals surface area contributed by atoms with Crippen molar-refractivity contribution in [3.63, 3.8) is 0 Å². The van der Waals surface area contributed by atoms with Crippen LogP contribution in [0.3, 0.4) is 0 Å². The molecule has 0 fully saturated rings. The SMILES string of the molecule is c1ccc(C(COc2ccccn2)c2ccccc2)cc1. The number of pyridine rings is 1. The highest BCUT2D eigenvalue weighted by Crippen LogP contribution is 2.25. The van der Waals surface area contributed by atoms with Crippen LogP contribution in [0.5, 0.6) is 5.88 Å². The maximum atomic E-state index is 5.87. The summed E-state index contributed by atoms with van der Waals surface area (Å²) in [5.41, 5.74) is 2.50. The minimum Gasteiger partial charge on any atom is -0.477 e. The Kier molecular flexibility index (Phi) is 4.27. The molecule has 1 aromatic heterocycles. The van der Waals surface area contributed by atoms with Gasteiger partial charge in [0, 0.05) is 18.2 Å². The summed E-state index contributed by atoms with van der Waals surface area (Å²) >= 11 is 0. The van der Waals surface area contributed by atoms with Gasteiger partial charge in [-0.3, -0.25) is 0 Å². The molecule has 0 amide bonds. The normalized spacial score (nSPS) is 10.5. The number of benzene rings is 2. The van der Waals surface area contributed by atoms with Crippen molar-refractivity contribution in [1.82, 2.24) is 4.98 Å². The molecular formula is C19H17NO. The van der Waals surface area contributed by atoms with E-state index in [1.165, 1.54) is 11.1 Å². The fraction of sp³-hybridized carbons (Fsp3) is 0.105. The summed E-state index contributed by atoms with van der Waals surface area (Å²) in [4.78, 5) is 4.22. The molecule has 0 aliphatic heterocycles. The summed E-state index contributed by atoms with van der Waals surface area (Å²) in [5, 5.41) is 0. The highest BCUT2D eigenvalue weighted by atomic mass is 16.5. The van der Waals surface area contributed by atoms with Crippen LogP contribution in [0.2, 0.25) is 0 Å². The standard InChI is InChI=1S/C19H17NO/c1-3-9-16(10-4-1)18(17-11-5-2-6-12-17)15-21-19-13-7-8-14-20-19/h1-14,18H,15H2. The Balaban J connectivity index is 1.83. The molecule has 0 radical (unpaired) electrons. The Labute approximate surface area is 125 Å². The van der Waals surface area contributed by atoms with Crippen LogP contribution < -0.4 is 4.74 Å². The van der Waals surface area contributed by atoms with E-state index >= 15 is 0 Å². The largest absolute Gasteiger partial charge is 0.477 e. The topological polar surface area (TPSA) is 22.1 Å². The van der Waals surface area contributed by atoms with Gasteiger partial charge in [-0.25, -0.2) is 4.98 Å². The zero-order valence-corrected chi connectivity index (χ0v) is 11.7. The summed E-state index contributed by atoms with van der Waals surface area (Å²) in [6, 6.07) is 26.6. The molecule has 0 atom stereocenters. The van der Waals surface area contributed by atoms with E-state index in [1.54, 1.807) is 6.20 Å². The van der Waals surface area contributed by atoms with Crippen molar-refractivity contribution in [2.75, 3.05) is 6.61 Å². The second-order valence-electron chi connectivity index (χ2n) is 4.85. The first-order valence-electron chi connectivity index (χ1n) is 7.07. The van der Waals surface area contributed by atoms with E-state index in [9.17, 15) is 0 Å². The third-order valence-corrected chi connectivity index (χ3v) is 3.44. The van der Waals surface area contributed by atoms with Gasteiger partial charge >= 0.3 is 0 Å². The van der Waals surface area contributed by atoms with Crippen LogP contribution in [-0.4, -0.2) is 11.6 Å². The average molecular weight is 275 g/mol. The molecule has 2 heteroatoms. The smallest absolute Gasteiger partial charge is 0.213 e. The van der Waals surface area contributed by atoms with E-state index in [-0.39, 0.29) is 5.92 Å². The fourth-order valence-electron chi connectivity index (χ4n) is 2.36. The van der Waals surface area contributed by atoms with Gasteiger partial charge in [0.05, 0.1) is 0 Å². The zero-order valence-electron chi connectivity index (χ0n) is 11.7. The zero-order chi connectivity index (χ0) is 14.3. The Bertz CT molecular complexity index is 613. The number of hydrogen-bond donors (Lipinski definition) is 0. The number of hydrogen-bond acceptors (Lipinski definition) is 2. The first-order valence-corrected chi connectivity index (χ1v) is 7.07. The van der Waals surface area contributed by atoms with Crippen molar-refractivity contribution >= 4 is 0 Å². The van der Waals surface area contributed by atoms with Crippen LogP contribution in [0.15, 0.2) is 85.1 Å². The number of aromatic nitrogens is 1. The number of rotatable bonds is 5. The second kappa shape index (κ2) is 6.71. The van der Waals surface area contributed by atoms with Crippen LogP contribution in [0.25, 0.3) is 0 Å². The first-order chi connectivity index (χ1) is 10.4. The van der Waals surface area contributed by atoms with Crippen molar-refractivity contribution in [3.8, 4) is 5.88 Å². The van der Waals surface area contributed by atoms with E-state index in [1.807, 2.05) is 30.3 Å². The van der Waals surface area contributed by atoms with E-state index < -0.39 is 0 Å². The molecule has 0 saturated carbocycles. The Morgan fingerprint density at radius 3 is 1.81 bits per heavy atom. The fourth-order valence-corrected chi connectivity index (χ4v) is 2.36. The van der Waals surface area contributed by atoms with E-state index in [4.69, 9.17) is 4.74 Å². The summed E-state index contributed by atoms with van der Waals surface area (Å²) in [7, 11) is 0. The average Bonchev–Trinajstić information content (AvgIpc) is 2.58. The van der Waals surface area contributed by atoms with Crippen LogP contribution in [0.4, 0.5) is 0 Å². The van der Waals surface area contributed by atoms with Gasteiger partial charge in [-0.05, 0) is 17.2 Å². The van der Waals surface area contributed by atoms with Gasteiger partial charge in [-0.1, -0.05) is 66.7 Å². The van der Waals surface area contributed by atoms with Crippen LogP contribution in [0.1, 0.15) is 17.0 Å². The number of nitrogens with zero attached hydrogens (tertiary/aromatic N) is 1. The molecular weight excluding hydrogens is 258 g/mol. The minimum atomic E-state index is 0.203. The molecule has 2 aromatic carbocycles. The van der Waals surface area contributed by atoms with Crippen molar-refractivity contribution in [1.29, 1.82) is 0 Å². The lowest BCUT2D eigenvalue weighted by atomic mass is 9.92. The van der Waals surface area contributed by atoms with Gasteiger partial charge in [0.2, 0.25) is 5.88 Å². The molecule has 0 spiro atoms. The second-order valence-corrected chi connectivity index (χ2v) is 4.85. The third kappa shape index (κ3) is 3.48. The lowest BCUT2D eigenvalue weighted by Crippen LogP contribution is -2.12. The van der Waals surface area contributed by atoms with Crippen molar-refractivity contribution < 1.29 is 4.74 Å². The molecule has 0 saturated heterocycles. The van der Waals surface area contributed by atoms with Crippen LogP contribution in [0, 0.1) is 0 Å². The van der Waals surface area contributed by atoms with Crippen molar-refractivity contribution in [2.45, 2.75) is 5.92 Å².